The van der Waals surface area contributed by atoms with Gasteiger partial charge in [0.05, 0.1) is 12.2 Å². The van der Waals surface area contributed by atoms with Gasteiger partial charge in [0.2, 0.25) is 5.91 Å². The standard InChI is InChI=1S/C28H29N5O2S/c34-27(30-22-6-2-1-3-7-22)19-32-16-13-23(14-17-32)31-28(35)21-9-11-25(12-10-21)36-20-24-18-33-15-5-4-8-26(33)29-24/h1-12,15,18,23H,13-14,16-17,19-20H2,(H,30,34)(H,31,35). The molecule has 184 valence electrons. The molecule has 1 aliphatic heterocycles. The summed E-state index contributed by atoms with van der Waals surface area (Å²) in [5.41, 5.74) is 3.44. The normalized spacial score (nSPS) is 14.6. The number of hydrogen-bond acceptors (Lipinski definition) is 5. The van der Waals surface area contributed by atoms with E-state index in [0.29, 0.717) is 12.1 Å². The van der Waals surface area contributed by atoms with Crippen molar-refractivity contribution >= 4 is 34.9 Å². The highest BCUT2D eigenvalue weighted by Crippen LogP contribution is 2.23. The molecule has 0 aliphatic carbocycles. The van der Waals surface area contributed by atoms with Crippen LogP contribution in [0.3, 0.4) is 0 Å². The summed E-state index contributed by atoms with van der Waals surface area (Å²) < 4.78 is 2.02. The van der Waals surface area contributed by atoms with Crippen LogP contribution in [0.25, 0.3) is 5.65 Å². The quantitative estimate of drug-likeness (QED) is 0.350. The number of nitrogens with one attached hydrogen (secondary N) is 2. The minimum Gasteiger partial charge on any atom is -0.349 e. The molecule has 4 aromatic rings. The van der Waals surface area contributed by atoms with Crippen molar-refractivity contribution in [1.29, 1.82) is 0 Å². The number of aromatic nitrogens is 2. The van der Waals surface area contributed by atoms with Gasteiger partial charge >= 0.3 is 0 Å². The Hall–Kier alpha value is -3.62. The summed E-state index contributed by atoms with van der Waals surface area (Å²) in [5.74, 6) is 0.713. The number of benzene rings is 2. The van der Waals surface area contributed by atoms with Gasteiger partial charge in [0.25, 0.3) is 5.91 Å². The van der Waals surface area contributed by atoms with Crippen LogP contribution in [0.1, 0.15) is 28.9 Å². The number of rotatable bonds is 8. The zero-order valence-corrected chi connectivity index (χ0v) is 20.8. The van der Waals surface area contributed by atoms with Gasteiger partial charge in [-0.25, -0.2) is 4.98 Å². The monoisotopic (exact) mass is 499 g/mol. The molecule has 2 amide bonds. The third-order valence-corrected chi connectivity index (χ3v) is 7.31. The van der Waals surface area contributed by atoms with E-state index in [2.05, 4.69) is 20.5 Å². The number of piperidine rings is 1. The summed E-state index contributed by atoms with van der Waals surface area (Å²) in [7, 11) is 0. The lowest BCUT2D eigenvalue weighted by Gasteiger charge is -2.31. The minimum atomic E-state index is -0.0489. The number of carbonyl (C=O) groups is 2. The molecule has 1 aliphatic rings. The van der Waals surface area contributed by atoms with Crippen LogP contribution in [0.5, 0.6) is 0 Å². The first-order valence-electron chi connectivity index (χ1n) is 12.2. The summed E-state index contributed by atoms with van der Waals surface area (Å²) in [4.78, 5) is 32.9. The molecule has 36 heavy (non-hydrogen) atoms. The summed E-state index contributed by atoms with van der Waals surface area (Å²) in [5, 5.41) is 6.08. The molecule has 1 saturated heterocycles. The van der Waals surface area contributed by atoms with Crippen molar-refractivity contribution in [2.24, 2.45) is 0 Å². The fourth-order valence-electron chi connectivity index (χ4n) is 4.35. The number of imidazole rings is 1. The second kappa shape index (κ2) is 11.4. The molecule has 2 N–H and O–H groups in total. The largest absolute Gasteiger partial charge is 0.349 e. The molecule has 0 spiro atoms. The van der Waals surface area contributed by atoms with Crippen molar-refractivity contribution in [2.45, 2.75) is 29.5 Å². The van der Waals surface area contributed by atoms with Crippen LogP contribution in [0.15, 0.2) is 90.1 Å². The van der Waals surface area contributed by atoms with E-state index in [9.17, 15) is 9.59 Å². The molecular weight excluding hydrogens is 470 g/mol. The molecule has 2 aromatic heterocycles. The lowest BCUT2D eigenvalue weighted by atomic mass is 10.0. The number of likely N-dealkylation sites (tertiary alicyclic amines) is 1. The number of thioether (sulfide) groups is 1. The molecule has 0 unspecified atom stereocenters. The number of carbonyl (C=O) groups excluding carboxylic acids is 2. The van der Waals surface area contributed by atoms with E-state index in [1.54, 1.807) is 11.8 Å². The number of fused-ring (bicyclic) bond motifs is 1. The number of nitrogens with zero attached hydrogens (tertiary/aromatic N) is 3. The first-order chi connectivity index (χ1) is 17.6. The second-order valence-electron chi connectivity index (χ2n) is 8.95. The summed E-state index contributed by atoms with van der Waals surface area (Å²) in [6, 6.07) is 23.3. The van der Waals surface area contributed by atoms with Gasteiger partial charge in [-0.1, -0.05) is 24.3 Å². The molecule has 0 atom stereocenters. The lowest BCUT2D eigenvalue weighted by Crippen LogP contribution is -2.46. The van der Waals surface area contributed by atoms with E-state index in [0.717, 1.165) is 53.6 Å². The second-order valence-corrected chi connectivity index (χ2v) is 10.00. The van der Waals surface area contributed by atoms with E-state index in [1.807, 2.05) is 89.6 Å². The SMILES string of the molecule is O=C(CN1CCC(NC(=O)c2ccc(SCc3cn4ccccc4n3)cc2)CC1)Nc1ccccc1. The third-order valence-electron chi connectivity index (χ3n) is 6.26. The summed E-state index contributed by atoms with van der Waals surface area (Å²) in [6.07, 6.45) is 5.70. The number of amides is 2. The van der Waals surface area contributed by atoms with E-state index in [1.165, 1.54) is 0 Å². The van der Waals surface area contributed by atoms with Crippen molar-refractivity contribution in [1.82, 2.24) is 19.6 Å². The van der Waals surface area contributed by atoms with E-state index in [-0.39, 0.29) is 17.9 Å². The Bertz CT molecular complexity index is 1280. The molecule has 1 fully saturated rings. The highest BCUT2D eigenvalue weighted by atomic mass is 32.2. The zero-order chi connectivity index (χ0) is 24.7. The van der Waals surface area contributed by atoms with Gasteiger partial charge in [-0.2, -0.15) is 0 Å². The van der Waals surface area contributed by atoms with Crippen LogP contribution < -0.4 is 10.6 Å². The summed E-state index contributed by atoms with van der Waals surface area (Å²) in [6.45, 7) is 1.93. The van der Waals surface area contributed by atoms with Crippen LogP contribution in [-0.4, -0.2) is 51.8 Å². The predicted molar refractivity (Wildman–Crippen MR) is 143 cm³/mol. The average molecular weight is 500 g/mol. The topological polar surface area (TPSA) is 78.7 Å². The van der Waals surface area contributed by atoms with Gasteiger partial charge < -0.3 is 15.0 Å². The molecule has 8 heteroatoms. The molecule has 2 aromatic carbocycles. The van der Waals surface area contributed by atoms with Crippen molar-refractivity contribution in [3.8, 4) is 0 Å². The molecule has 7 nitrogen and oxygen atoms in total. The first-order valence-corrected chi connectivity index (χ1v) is 13.1. The van der Waals surface area contributed by atoms with Crippen LogP contribution in [0, 0.1) is 0 Å². The van der Waals surface area contributed by atoms with E-state index in [4.69, 9.17) is 0 Å². The van der Waals surface area contributed by atoms with E-state index >= 15 is 0 Å². The molecular formula is C28H29N5O2S. The zero-order valence-electron chi connectivity index (χ0n) is 20.0. The minimum absolute atomic E-state index is 0.0113. The van der Waals surface area contributed by atoms with Crippen LogP contribution in [0.2, 0.25) is 0 Å². The Morgan fingerprint density at radius 3 is 2.44 bits per heavy atom. The van der Waals surface area contributed by atoms with Crippen LogP contribution in [-0.2, 0) is 10.5 Å². The molecule has 0 saturated carbocycles. The van der Waals surface area contributed by atoms with Crippen LogP contribution in [0.4, 0.5) is 5.69 Å². The molecule has 3 heterocycles. The molecule has 5 rings (SSSR count). The highest BCUT2D eigenvalue weighted by Gasteiger charge is 2.22. The molecule has 0 radical (unpaired) electrons. The Labute approximate surface area is 214 Å². The third kappa shape index (κ3) is 6.33. The highest BCUT2D eigenvalue weighted by molar-refractivity contribution is 7.98. The number of para-hydroxylation sites is 1. The fourth-order valence-corrected chi connectivity index (χ4v) is 5.13. The van der Waals surface area contributed by atoms with Gasteiger partial charge in [0, 0.05) is 53.4 Å². The van der Waals surface area contributed by atoms with Crippen molar-refractivity contribution in [3.05, 3.63) is 96.4 Å². The average Bonchev–Trinajstić information content (AvgIpc) is 3.32. The maximum Gasteiger partial charge on any atom is 0.251 e. The van der Waals surface area contributed by atoms with Crippen molar-refractivity contribution in [3.63, 3.8) is 0 Å². The van der Waals surface area contributed by atoms with Gasteiger partial charge in [-0.3, -0.25) is 14.5 Å². The first kappa shape index (κ1) is 24.1. The van der Waals surface area contributed by atoms with Crippen molar-refractivity contribution < 1.29 is 9.59 Å². The predicted octanol–water partition coefficient (Wildman–Crippen LogP) is 4.46. The van der Waals surface area contributed by atoms with Gasteiger partial charge in [0.15, 0.2) is 0 Å². The summed E-state index contributed by atoms with van der Waals surface area (Å²) >= 11 is 1.70. The Morgan fingerprint density at radius 1 is 0.944 bits per heavy atom. The van der Waals surface area contributed by atoms with E-state index < -0.39 is 0 Å². The number of anilines is 1. The smallest absolute Gasteiger partial charge is 0.251 e. The fraction of sp³-hybridized carbons (Fsp3) is 0.250. The Morgan fingerprint density at radius 2 is 1.69 bits per heavy atom. The Balaban J connectivity index is 1.05. The molecule has 0 bridgehead atoms. The maximum atomic E-state index is 12.8. The number of pyridine rings is 1. The van der Waals surface area contributed by atoms with Gasteiger partial charge in [0.1, 0.15) is 5.65 Å². The van der Waals surface area contributed by atoms with Gasteiger partial charge in [-0.05, 0) is 61.4 Å². The Kier molecular flexibility index (Phi) is 7.64. The van der Waals surface area contributed by atoms with Crippen LogP contribution >= 0.6 is 11.8 Å². The van der Waals surface area contributed by atoms with Crippen molar-refractivity contribution in [2.75, 3.05) is 25.0 Å². The lowest BCUT2D eigenvalue weighted by molar-refractivity contribution is -0.117. The number of hydrogen-bond donors (Lipinski definition) is 2. The van der Waals surface area contributed by atoms with Gasteiger partial charge in [-0.15, -0.1) is 11.8 Å². The maximum absolute atomic E-state index is 12.8.